The molecule has 30 heavy (non-hydrogen) atoms. The minimum atomic E-state index is 0.541. The Morgan fingerprint density at radius 3 is 2.43 bits per heavy atom. The number of aromatic amines is 1. The molecule has 0 saturated carbocycles. The molecule has 0 bridgehead atoms. The molecule has 1 N–H and O–H groups in total. The van der Waals surface area contributed by atoms with Gasteiger partial charge in [0.2, 0.25) is 5.75 Å². The van der Waals surface area contributed by atoms with Crippen molar-refractivity contribution in [3.8, 4) is 39.8 Å². The maximum Gasteiger partial charge on any atom is 0.203 e. The largest absolute Gasteiger partial charge is 0.493 e. The highest BCUT2D eigenvalue weighted by molar-refractivity contribution is 5.85. The fourth-order valence-electron chi connectivity index (χ4n) is 3.69. The number of hydrogen-bond acceptors (Lipinski definition) is 5. The summed E-state index contributed by atoms with van der Waals surface area (Å²) >= 11 is 0. The lowest BCUT2D eigenvalue weighted by Gasteiger charge is -2.14. The van der Waals surface area contributed by atoms with E-state index in [1.165, 1.54) is 0 Å². The summed E-state index contributed by atoms with van der Waals surface area (Å²) < 4.78 is 18.4. The van der Waals surface area contributed by atoms with E-state index < -0.39 is 0 Å². The minimum Gasteiger partial charge on any atom is -0.493 e. The molecule has 150 valence electrons. The first-order valence-electron chi connectivity index (χ1n) is 9.43. The third-order valence-corrected chi connectivity index (χ3v) is 5.16. The second-order valence-corrected chi connectivity index (χ2v) is 6.83. The molecule has 7 nitrogen and oxygen atoms in total. The summed E-state index contributed by atoms with van der Waals surface area (Å²) in [6.45, 7) is 0. The van der Waals surface area contributed by atoms with Crippen LogP contribution in [-0.4, -0.2) is 40.7 Å². The monoisotopic (exact) mass is 400 g/mol. The van der Waals surface area contributed by atoms with Gasteiger partial charge in [-0.3, -0.25) is 4.98 Å². The zero-order chi connectivity index (χ0) is 20.7. The number of rotatable bonds is 5. The summed E-state index contributed by atoms with van der Waals surface area (Å²) in [5.74, 6) is 1.68. The van der Waals surface area contributed by atoms with E-state index in [2.05, 4.69) is 34.2 Å². The number of H-pyrrole nitrogens is 1. The number of aromatic nitrogens is 4. The zero-order valence-electron chi connectivity index (χ0n) is 16.8. The van der Waals surface area contributed by atoms with E-state index in [0.717, 1.165) is 39.1 Å². The van der Waals surface area contributed by atoms with Crippen molar-refractivity contribution in [2.24, 2.45) is 0 Å². The summed E-state index contributed by atoms with van der Waals surface area (Å²) in [6, 6.07) is 12.1. The molecule has 0 atom stereocenters. The SMILES string of the molecule is COc1cc(-c2nccn3cc(-c4ccc5[nH]ccc5c4)nc23)cc(OC)c1OC. The molecule has 7 heteroatoms. The molecule has 3 aromatic heterocycles. The van der Waals surface area contributed by atoms with Crippen molar-refractivity contribution in [1.82, 2.24) is 19.4 Å². The van der Waals surface area contributed by atoms with Crippen LogP contribution in [0.15, 0.2) is 61.2 Å². The van der Waals surface area contributed by atoms with Gasteiger partial charge in [-0.25, -0.2) is 4.98 Å². The predicted octanol–water partition coefficient (Wildman–Crippen LogP) is 4.57. The number of benzene rings is 2. The third kappa shape index (κ3) is 2.83. The van der Waals surface area contributed by atoms with Crippen LogP contribution in [-0.2, 0) is 0 Å². The normalized spacial score (nSPS) is 11.2. The van der Waals surface area contributed by atoms with Crippen LogP contribution in [0.3, 0.4) is 0 Å². The lowest BCUT2D eigenvalue weighted by molar-refractivity contribution is 0.324. The lowest BCUT2D eigenvalue weighted by atomic mass is 10.1. The van der Waals surface area contributed by atoms with E-state index in [0.29, 0.717) is 17.2 Å². The Labute approximate surface area is 172 Å². The average Bonchev–Trinajstić information content (AvgIpc) is 3.43. The highest BCUT2D eigenvalue weighted by Crippen LogP contribution is 2.41. The maximum absolute atomic E-state index is 5.50. The molecule has 0 spiro atoms. The van der Waals surface area contributed by atoms with Gasteiger partial charge in [-0.05, 0) is 30.3 Å². The Kier molecular flexibility index (Phi) is 4.28. The van der Waals surface area contributed by atoms with E-state index in [-0.39, 0.29) is 0 Å². The summed E-state index contributed by atoms with van der Waals surface area (Å²) in [5, 5.41) is 1.15. The van der Waals surface area contributed by atoms with Crippen molar-refractivity contribution < 1.29 is 14.2 Å². The quantitative estimate of drug-likeness (QED) is 0.468. The molecular formula is C23H20N4O3. The van der Waals surface area contributed by atoms with Gasteiger partial charge >= 0.3 is 0 Å². The molecule has 0 aliphatic carbocycles. The van der Waals surface area contributed by atoms with Crippen LogP contribution >= 0.6 is 0 Å². The number of fused-ring (bicyclic) bond motifs is 2. The third-order valence-electron chi connectivity index (χ3n) is 5.16. The van der Waals surface area contributed by atoms with Gasteiger partial charge in [0.15, 0.2) is 17.1 Å². The Morgan fingerprint density at radius 1 is 0.900 bits per heavy atom. The molecule has 0 fully saturated rings. The molecule has 0 saturated heterocycles. The van der Waals surface area contributed by atoms with Crippen LogP contribution in [0.4, 0.5) is 0 Å². The van der Waals surface area contributed by atoms with Gasteiger partial charge in [-0.15, -0.1) is 0 Å². The molecule has 2 aromatic carbocycles. The molecule has 3 heterocycles. The van der Waals surface area contributed by atoms with E-state index in [1.54, 1.807) is 27.5 Å². The van der Waals surface area contributed by atoms with Crippen molar-refractivity contribution in [2.45, 2.75) is 0 Å². The Bertz CT molecular complexity index is 1340. The van der Waals surface area contributed by atoms with Gasteiger partial charge in [0, 0.05) is 46.8 Å². The lowest BCUT2D eigenvalue weighted by Crippen LogP contribution is -1.97. The summed E-state index contributed by atoms with van der Waals surface area (Å²) in [6.07, 6.45) is 7.59. The molecule has 0 aliphatic rings. The van der Waals surface area contributed by atoms with Crippen molar-refractivity contribution in [1.29, 1.82) is 0 Å². The van der Waals surface area contributed by atoms with Crippen LogP contribution in [0.5, 0.6) is 17.2 Å². The topological polar surface area (TPSA) is 73.7 Å². The van der Waals surface area contributed by atoms with Crippen LogP contribution < -0.4 is 14.2 Å². The maximum atomic E-state index is 5.50. The highest BCUT2D eigenvalue weighted by Gasteiger charge is 2.18. The first-order chi connectivity index (χ1) is 14.7. The first kappa shape index (κ1) is 18.1. The summed E-state index contributed by atoms with van der Waals surface area (Å²) in [4.78, 5) is 12.7. The number of methoxy groups -OCH3 is 3. The van der Waals surface area contributed by atoms with Gasteiger partial charge in [0.05, 0.1) is 27.0 Å². The molecule has 5 rings (SSSR count). The van der Waals surface area contributed by atoms with Gasteiger partial charge in [0.25, 0.3) is 0 Å². The number of imidazole rings is 1. The molecule has 5 aromatic rings. The van der Waals surface area contributed by atoms with Crippen molar-refractivity contribution >= 4 is 16.6 Å². The van der Waals surface area contributed by atoms with Crippen molar-refractivity contribution in [3.05, 3.63) is 61.2 Å². The van der Waals surface area contributed by atoms with Crippen molar-refractivity contribution in [2.75, 3.05) is 21.3 Å². The second kappa shape index (κ2) is 7.11. The van der Waals surface area contributed by atoms with Crippen LogP contribution in [0.1, 0.15) is 0 Å². The fourth-order valence-corrected chi connectivity index (χ4v) is 3.69. The fraction of sp³-hybridized carbons (Fsp3) is 0.130. The van der Waals surface area contributed by atoms with E-state index in [9.17, 15) is 0 Å². The smallest absolute Gasteiger partial charge is 0.203 e. The number of nitrogens with one attached hydrogen (secondary N) is 1. The highest BCUT2D eigenvalue weighted by atomic mass is 16.5. The molecule has 0 aliphatic heterocycles. The van der Waals surface area contributed by atoms with Crippen LogP contribution in [0.2, 0.25) is 0 Å². The number of nitrogens with zero attached hydrogens (tertiary/aromatic N) is 3. The average molecular weight is 400 g/mol. The van der Waals surface area contributed by atoms with E-state index in [1.807, 2.05) is 35.1 Å². The van der Waals surface area contributed by atoms with Gasteiger partial charge < -0.3 is 23.6 Å². The summed E-state index contributed by atoms with van der Waals surface area (Å²) in [7, 11) is 4.78. The Balaban J connectivity index is 1.67. The predicted molar refractivity (Wildman–Crippen MR) is 115 cm³/mol. The number of ether oxygens (including phenoxy) is 3. The van der Waals surface area contributed by atoms with Crippen molar-refractivity contribution in [3.63, 3.8) is 0 Å². The zero-order valence-corrected chi connectivity index (χ0v) is 16.8. The number of hydrogen-bond donors (Lipinski definition) is 1. The molecule has 0 unspecified atom stereocenters. The van der Waals surface area contributed by atoms with E-state index in [4.69, 9.17) is 19.2 Å². The van der Waals surface area contributed by atoms with Gasteiger partial charge in [-0.1, -0.05) is 6.07 Å². The first-order valence-corrected chi connectivity index (χ1v) is 9.43. The molecule has 0 amide bonds. The molecular weight excluding hydrogens is 380 g/mol. The Morgan fingerprint density at radius 2 is 1.70 bits per heavy atom. The molecule has 0 radical (unpaired) electrons. The minimum absolute atomic E-state index is 0.541. The summed E-state index contributed by atoms with van der Waals surface area (Å²) in [5.41, 5.74) is 5.32. The Hall–Kier alpha value is -4.00. The van der Waals surface area contributed by atoms with Gasteiger partial charge in [0.1, 0.15) is 5.69 Å². The van der Waals surface area contributed by atoms with E-state index >= 15 is 0 Å². The van der Waals surface area contributed by atoms with Crippen LogP contribution in [0.25, 0.3) is 39.1 Å². The standard InChI is InChI=1S/C23H20N4O3/c1-28-19-11-16(12-20(29-2)22(19)30-3)21-23-26-18(13-27(23)9-8-25-21)14-4-5-17-15(10-14)6-7-24-17/h4-13,24H,1-3H3. The second-order valence-electron chi connectivity index (χ2n) is 6.83. The van der Waals surface area contributed by atoms with Gasteiger partial charge in [-0.2, -0.15) is 0 Å². The van der Waals surface area contributed by atoms with Crippen LogP contribution in [0, 0.1) is 0 Å².